The van der Waals surface area contributed by atoms with Crippen LogP contribution in [0.15, 0.2) is 54.2 Å². The zero-order chi connectivity index (χ0) is 22.8. The number of nitrogens with zero attached hydrogens (tertiary/aromatic N) is 3. The fourth-order valence-corrected chi connectivity index (χ4v) is 4.83. The highest BCUT2D eigenvalue weighted by Crippen LogP contribution is 2.35. The summed E-state index contributed by atoms with van der Waals surface area (Å²) in [4.78, 5) is 33.0. The first kappa shape index (κ1) is 21.7. The van der Waals surface area contributed by atoms with Gasteiger partial charge in [-0.15, -0.1) is 0 Å². The summed E-state index contributed by atoms with van der Waals surface area (Å²) in [6.45, 7) is 5.41. The number of carbonyl (C=O) groups excluding carboxylic acids is 2. The van der Waals surface area contributed by atoms with E-state index in [4.69, 9.17) is 9.47 Å². The summed E-state index contributed by atoms with van der Waals surface area (Å²) in [5, 5.41) is 0. The second-order valence-corrected chi connectivity index (χ2v) is 8.61. The Balaban J connectivity index is 1.46. The predicted molar refractivity (Wildman–Crippen MR) is 124 cm³/mol. The molecule has 2 aromatic rings. The Bertz CT molecular complexity index is 1070. The number of morpholine rings is 1. The van der Waals surface area contributed by atoms with Gasteiger partial charge in [0, 0.05) is 39.3 Å². The molecule has 172 valence electrons. The Labute approximate surface area is 194 Å². The van der Waals surface area contributed by atoms with Crippen molar-refractivity contribution in [1.29, 1.82) is 0 Å². The van der Waals surface area contributed by atoms with E-state index in [1.807, 2.05) is 36.4 Å². The Kier molecular flexibility index (Phi) is 6.15. The third kappa shape index (κ3) is 4.26. The number of hydrogen-bond acceptors (Lipinski definition) is 6. The highest BCUT2D eigenvalue weighted by Gasteiger charge is 2.42. The molecule has 3 aliphatic rings. The fourth-order valence-electron chi connectivity index (χ4n) is 4.83. The van der Waals surface area contributed by atoms with E-state index >= 15 is 0 Å². The van der Waals surface area contributed by atoms with Crippen molar-refractivity contribution in [2.24, 2.45) is 0 Å². The molecule has 2 aromatic carbocycles. The molecule has 7 nitrogen and oxygen atoms in total. The molecular weight excluding hydrogens is 418 g/mol. The third-order valence-electron chi connectivity index (χ3n) is 6.71. The Morgan fingerprint density at radius 1 is 0.879 bits per heavy atom. The second kappa shape index (κ2) is 9.37. The molecule has 0 bridgehead atoms. The molecule has 0 aliphatic carbocycles. The number of imide groups is 1. The maximum absolute atomic E-state index is 13.6. The smallest absolute Gasteiger partial charge is 0.277 e. The van der Waals surface area contributed by atoms with Crippen molar-refractivity contribution in [1.82, 2.24) is 14.7 Å². The van der Waals surface area contributed by atoms with Crippen LogP contribution in [0.25, 0.3) is 5.57 Å². The van der Waals surface area contributed by atoms with Gasteiger partial charge >= 0.3 is 0 Å². The standard InChI is InChI=1S/C26H29N3O4/c1-32-22-8-6-20(7-9-22)23-24(28-11-10-19-4-2-3-5-21(19)18-28)26(31)29(25(23)30)13-12-27-14-16-33-17-15-27/h2-9H,10-18H2,1H3. The number of rotatable bonds is 6. The highest BCUT2D eigenvalue weighted by atomic mass is 16.5. The van der Waals surface area contributed by atoms with E-state index < -0.39 is 0 Å². The fraction of sp³-hybridized carbons (Fsp3) is 0.385. The molecule has 5 rings (SSSR count). The summed E-state index contributed by atoms with van der Waals surface area (Å²) in [5.74, 6) is 0.305. The molecule has 0 radical (unpaired) electrons. The van der Waals surface area contributed by atoms with Gasteiger partial charge in [0.1, 0.15) is 11.4 Å². The van der Waals surface area contributed by atoms with Gasteiger partial charge in [-0.3, -0.25) is 19.4 Å². The van der Waals surface area contributed by atoms with Crippen LogP contribution in [0.1, 0.15) is 16.7 Å². The molecule has 0 atom stereocenters. The summed E-state index contributed by atoms with van der Waals surface area (Å²) in [6, 6.07) is 15.7. The topological polar surface area (TPSA) is 62.3 Å². The SMILES string of the molecule is COc1ccc(C2=C(N3CCc4ccccc4C3)C(=O)N(CCN3CCOCC3)C2=O)cc1. The predicted octanol–water partition coefficient (Wildman–Crippen LogP) is 2.17. The van der Waals surface area contributed by atoms with Crippen LogP contribution in [0, 0.1) is 0 Å². The summed E-state index contributed by atoms with van der Waals surface area (Å²) in [7, 11) is 1.61. The molecule has 2 amide bonds. The lowest BCUT2D eigenvalue weighted by Gasteiger charge is -2.32. The minimum Gasteiger partial charge on any atom is -0.497 e. The monoisotopic (exact) mass is 447 g/mol. The van der Waals surface area contributed by atoms with Gasteiger partial charge < -0.3 is 14.4 Å². The molecular formula is C26H29N3O4. The molecule has 7 heteroatoms. The van der Waals surface area contributed by atoms with Gasteiger partial charge in [-0.25, -0.2) is 0 Å². The van der Waals surface area contributed by atoms with Crippen LogP contribution in [0.3, 0.4) is 0 Å². The third-order valence-corrected chi connectivity index (χ3v) is 6.71. The molecule has 0 saturated carbocycles. The highest BCUT2D eigenvalue weighted by molar-refractivity contribution is 6.35. The molecule has 3 aliphatic heterocycles. The first-order chi connectivity index (χ1) is 16.2. The van der Waals surface area contributed by atoms with Gasteiger partial charge in [-0.05, 0) is 35.2 Å². The van der Waals surface area contributed by atoms with Gasteiger partial charge in [-0.2, -0.15) is 0 Å². The summed E-state index contributed by atoms with van der Waals surface area (Å²) >= 11 is 0. The minimum atomic E-state index is -0.215. The largest absolute Gasteiger partial charge is 0.497 e. The van der Waals surface area contributed by atoms with Gasteiger partial charge in [-0.1, -0.05) is 36.4 Å². The Morgan fingerprint density at radius 2 is 1.61 bits per heavy atom. The average molecular weight is 448 g/mol. The van der Waals surface area contributed by atoms with E-state index in [0.717, 1.165) is 25.1 Å². The van der Waals surface area contributed by atoms with Crippen LogP contribution in [-0.4, -0.2) is 79.6 Å². The number of hydrogen-bond donors (Lipinski definition) is 0. The maximum atomic E-state index is 13.6. The molecule has 0 spiro atoms. The molecule has 0 N–H and O–H groups in total. The van der Waals surface area contributed by atoms with E-state index in [1.165, 1.54) is 16.0 Å². The van der Waals surface area contributed by atoms with E-state index in [0.29, 0.717) is 56.4 Å². The normalized spacial score (nSPS) is 19.3. The van der Waals surface area contributed by atoms with Crippen molar-refractivity contribution >= 4 is 17.4 Å². The van der Waals surface area contributed by atoms with Crippen molar-refractivity contribution in [3.05, 3.63) is 70.9 Å². The molecule has 33 heavy (non-hydrogen) atoms. The number of methoxy groups -OCH3 is 1. The average Bonchev–Trinajstić information content (AvgIpc) is 3.12. The van der Waals surface area contributed by atoms with Crippen LogP contribution in [0.4, 0.5) is 0 Å². The van der Waals surface area contributed by atoms with Crippen molar-refractivity contribution in [3.63, 3.8) is 0 Å². The lowest BCUT2D eigenvalue weighted by Crippen LogP contribution is -2.44. The van der Waals surface area contributed by atoms with Crippen LogP contribution in [0.2, 0.25) is 0 Å². The zero-order valence-electron chi connectivity index (χ0n) is 19.0. The molecule has 1 saturated heterocycles. The molecule has 0 aromatic heterocycles. The summed E-state index contributed by atoms with van der Waals surface area (Å²) in [6.07, 6.45) is 0.852. The maximum Gasteiger partial charge on any atom is 0.277 e. The molecule has 0 unspecified atom stereocenters. The Morgan fingerprint density at radius 3 is 2.33 bits per heavy atom. The first-order valence-electron chi connectivity index (χ1n) is 11.5. The van der Waals surface area contributed by atoms with Crippen molar-refractivity contribution in [2.45, 2.75) is 13.0 Å². The van der Waals surface area contributed by atoms with Crippen LogP contribution in [-0.2, 0) is 27.3 Å². The summed E-state index contributed by atoms with van der Waals surface area (Å²) in [5.41, 5.74) is 4.26. The molecule has 3 heterocycles. The van der Waals surface area contributed by atoms with Crippen LogP contribution < -0.4 is 4.74 Å². The number of carbonyl (C=O) groups is 2. The zero-order valence-corrected chi connectivity index (χ0v) is 19.0. The van der Waals surface area contributed by atoms with E-state index in [-0.39, 0.29) is 11.8 Å². The van der Waals surface area contributed by atoms with Gasteiger partial charge in [0.05, 0.1) is 25.9 Å². The van der Waals surface area contributed by atoms with Crippen molar-refractivity contribution < 1.29 is 19.1 Å². The Hall–Kier alpha value is -3.16. The first-order valence-corrected chi connectivity index (χ1v) is 11.5. The van der Waals surface area contributed by atoms with E-state index in [9.17, 15) is 9.59 Å². The van der Waals surface area contributed by atoms with Gasteiger partial charge in [0.25, 0.3) is 11.8 Å². The lowest BCUT2D eigenvalue weighted by molar-refractivity contribution is -0.138. The number of fused-ring (bicyclic) bond motifs is 1. The van der Waals surface area contributed by atoms with Crippen molar-refractivity contribution in [3.8, 4) is 5.75 Å². The van der Waals surface area contributed by atoms with E-state index in [1.54, 1.807) is 7.11 Å². The van der Waals surface area contributed by atoms with Crippen LogP contribution in [0.5, 0.6) is 5.75 Å². The molecule has 1 fully saturated rings. The number of amides is 2. The van der Waals surface area contributed by atoms with Gasteiger partial charge in [0.15, 0.2) is 0 Å². The minimum absolute atomic E-state index is 0.196. The lowest BCUT2D eigenvalue weighted by atomic mass is 9.98. The quantitative estimate of drug-likeness (QED) is 0.633. The van der Waals surface area contributed by atoms with Crippen LogP contribution >= 0.6 is 0 Å². The number of ether oxygens (including phenoxy) is 2. The van der Waals surface area contributed by atoms with Gasteiger partial charge in [0.2, 0.25) is 0 Å². The summed E-state index contributed by atoms with van der Waals surface area (Å²) < 4.78 is 10.7. The number of benzene rings is 2. The van der Waals surface area contributed by atoms with Crippen molar-refractivity contribution in [2.75, 3.05) is 53.0 Å². The second-order valence-electron chi connectivity index (χ2n) is 8.61. The van der Waals surface area contributed by atoms with E-state index in [2.05, 4.69) is 21.9 Å².